The molecule has 0 fully saturated rings. The Kier molecular flexibility index (Phi) is 7.07. The predicted octanol–water partition coefficient (Wildman–Crippen LogP) is 4.12. The quantitative estimate of drug-likeness (QED) is 0.493. The first-order valence-electron chi connectivity index (χ1n) is 11.1. The number of para-hydroxylation sites is 1. The van der Waals surface area contributed by atoms with Gasteiger partial charge >= 0.3 is 6.18 Å². The third kappa shape index (κ3) is 5.63. The molecule has 35 heavy (non-hydrogen) atoms. The van der Waals surface area contributed by atoms with E-state index in [0.717, 1.165) is 23.3 Å². The van der Waals surface area contributed by atoms with Crippen LogP contribution in [0.1, 0.15) is 27.0 Å². The third-order valence-corrected chi connectivity index (χ3v) is 5.87. The molecule has 1 aliphatic rings. The van der Waals surface area contributed by atoms with Crippen LogP contribution in [0, 0.1) is 0 Å². The summed E-state index contributed by atoms with van der Waals surface area (Å²) in [5.74, 6) is -1.04. The number of carbonyl (C=O) groups excluding carboxylic acids is 2. The SMILES string of the molecule is O=C(N[C@@H](CO)C(=O)N1CCc2ccccc2C1)c1ccccc1Nc1cccc(C(F)(F)F)c1. The Morgan fingerprint density at radius 1 is 0.971 bits per heavy atom. The molecule has 1 atom stereocenters. The zero-order chi connectivity index (χ0) is 25.0. The predicted molar refractivity (Wildman–Crippen MR) is 125 cm³/mol. The van der Waals surface area contributed by atoms with E-state index in [0.29, 0.717) is 19.5 Å². The Hall–Kier alpha value is -3.85. The summed E-state index contributed by atoms with van der Waals surface area (Å²) in [7, 11) is 0. The highest BCUT2D eigenvalue weighted by molar-refractivity contribution is 6.02. The number of aliphatic hydroxyl groups is 1. The van der Waals surface area contributed by atoms with Crippen molar-refractivity contribution in [3.05, 3.63) is 95.1 Å². The molecular formula is C26H24F3N3O3. The highest BCUT2D eigenvalue weighted by atomic mass is 19.4. The standard InChI is InChI=1S/C26H24F3N3O3/c27-26(28,29)19-8-5-9-20(14-19)30-22-11-4-3-10-21(22)24(34)31-23(16-33)25(35)32-13-12-17-6-1-2-7-18(17)15-32/h1-11,14,23,30,33H,12-13,15-16H2,(H,31,34)/t23-/m0/s1. The fraction of sp³-hybridized carbons (Fsp3) is 0.231. The van der Waals surface area contributed by atoms with Crippen LogP contribution in [0.4, 0.5) is 24.5 Å². The van der Waals surface area contributed by atoms with E-state index in [1.807, 2.05) is 24.3 Å². The summed E-state index contributed by atoms with van der Waals surface area (Å²) >= 11 is 0. The van der Waals surface area contributed by atoms with Crippen LogP contribution in [0.5, 0.6) is 0 Å². The average Bonchev–Trinajstić information content (AvgIpc) is 2.86. The Bertz CT molecular complexity index is 1230. The van der Waals surface area contributed by atoms with Gasteiger partial charge in [0.25, 0.3) is 5.91 Å². The molecule has 0 aliphatic carbocycles. The van der Waals surface area contributed by atoms with Gasteiger partial charge in [-0.1, -0.05) is 42.5 Å². The Balaban J connectivity index is 1.48. The number of nitrogens with zero attached hydrogens (tertiary/aromatic N) is 1. The van der Waals surface area contributed by atoms with Gasteiger partial charge < -0.3 is 20.6 Å². The lowest BCUT2D eigenvalue weighted by atomic mass is 9.99. The van der Waals surface area contributed by atoms with E-state index in [1.165, 1.54) is 18.2 Å². The molecule has 0 unspecified atom stereocenters. The fourth-order valence-corrected chi connectivity index (χ4v) is 4.04. The van der Waals surface area contributed by atoms with E-state index in [9.17, 15) is 27.9 Å². The average molecular weight is 483 g/mol. The van der Waals surface area contributed by atoms with Crippen molar-refractivity contribution in [2.24, 2.45) is 0 Å². The molecule has 0 spiro atoms. The maximum absolute atomic E-state index is 13.1. The number of fused-ring (bicyclic) bond motifs is 1. The summed E-state index contributed by atoms with van der Waals surface area (Å²) in [5, 5.41) is 15.3. The van der Waals surface area contributed by atoms with Crippen LogP contribution in [-0.2, 0) is 23.9 Å². The second kappa shape index (κ2) is 10.2. The zero-order valence-electron chi connectivity index (χ0n) is 18.7. The number of aliphatic hydroxyl groups excluding tert-OH is 1. The number of anilines is 2. The lowest BCUT2D eigenvalue weighted by Gasteiger charge is -2.31. The van der Waals surface area contributed by atoms with Gasteiger partial charge in [0.1, 0.15) is 6.04 Å². The molecule has 3 N–H and O–H groups in total. The van der Waals surface area contributed by atoms with Gasteiger partial charge in [-0.3, -0.25) is 9.59 Å². The number of rotatable bonds is 6. The number of benzene rings is 3. The first-order chi connectivity index (χ1) is 16.8. The maximum atomic E-state index is 13.1. The minimum Gasteiger partial charge on any atom is -0.394 e. The molecule has 0 bridgehead atoms. The van der Waals surface area contributed by atoms with Crippen LogP contribution in [-0.4, -0.2) is 41.0 Å². The molecular weight excluding hydrogens is 459 g/mol. The van der Waals surface area contributed by atoms with Crippen LogP contribution < -0.4 is 10.6 Å². The number of hydrogen-bond donors (Lipinski definition) is 3. The van der Waals surface area contributed by atoms with Crippen molar-refractivity contribution in [1.82, 2.24) is 10.2 Å². The highest BCUT2D eigenvalue weighted by Crippen LogP contribution is 2.32. The largest absolute Gasteiger partial charge is 0.416 e. The summed E-state index contributed by atoms with van der Waals surface area (Å²) in [6.45, 7) is 0.261. The van der Waals surface area contributed by atoms with Crippen LogP contribution >= 0.6 is 0 Å². The topological polar surface area (TPSA) is 81.7 Å². The summed E-state index contributed by atoms with van der Waals surface area (Å²) in [5.41, 5.74) is 1.90. The van der Waals surface area contributed by atoms with E-state index >= 15 is 0 Å². The molecule has 9 heteroatoms. The molecule has 2 amide bonds. The summed E-state index contributed by atoms with van der Waals surface area (Å²) in [4.78, 5) is 27.7. The summed E-state index contributed by atoms with van der Waals surface area (Å²) in [6.07, 6.45) is -3.82. The normalized spacial score (nSPS) is 14.1. The number of halogens is 3. The van der Waals surface area contributed by atoms with Gasteiger partial charge in [0.15, 0.2) is 0 Å². The van der Waals surface area contributed by atoms with Gasteiger partial charge in [0, 0.05) is 18.8 Å². The lowest BCUT2D eigenvalue weighted by molar-refractivity contribution is -0.137. The zero-order valence-corrected chi connectivity index (χ0v) is 18.7. The van der Waals surface area contributed by atoms with E-state index < -0.39 is 36.2 Å². The summed E-state index contributed by atoms with van der Waals surface area (Å²) < 4.78 is 39.2. The van der Waals surface area contributed by atoms with Crippen molar-refractivity contribution in [3.8, 4) is 0 Å². The molecule has 6 nitrogen and oxygen atoms in total. The first-order valence-corrected chi connectivity index (χ1v) is 11.1. The molecule has 3 aromatic carbocycles. The number of nitrogens with one attached hydrogen (secondary N) is 2. The van der Waals surface area contributed by atoms with E-state index in [4.69, 9.17) is 0 Å². The minimum absolute atomic E-state index is 0.125. The Morgan fingerprint density at radius 3 is 2.43 bits per heavy atom. The molecule has 1 heterocycles. The number of amides is 2. The van der Waals surface area contributed by atoms with Crippen LogP contribution in [0.2, 0.25) is 0 Å². The molecule has 0 aromatic heterocycles. The van der Waals surface area contributed by atoms with E-state index in [1.54, 1.807) is 23.1 Å². The van der Waals surface area contributed by atoms with Crippen molar-refractivity contribution in [2.45, 2.75) is 25.2 Å². The smallest absolute Gasteiger partial charge is 0.394 e. The van der Waals surface area contributed by atoms with E-state index in [2.05, 4.69) is 10.6 Å². The first kappa shape index (κ1) is 24.3. The van der Waals surface area contributed by atoms with Gasteiger partial charge in [0.2, 0.25) is 5.91 Å². The number of alkyl halides is 3. The summed E-state index contributed by atoms with van der Waals surface area (Å²) in [6, 6.07) is 17.5. The fourth-order valence-electron chi connectivity index (χ4n) is 4.04. The second-order valence-corrected chi connectivity index (χ2v) is 8.24. The lowest BCUT2D eigenvalue weighted by Crippen LogP contribution is -2.51. The van der Waals surface area contributed by atoms with Crippen molar-refractivity contribution in [3.63, 3.8) is 0 Å². The molecule has 0 radical (unpaired) electrons. The molecule has 4 rings (SSSR count). The van der Waals surface area contributed by atoms with E-state index in [-0.39, 0.29) is 16.9 Å². The van der Waals surface area contributed by atoms with Crippen molar-refractivity contribution < 1.29 is 27.9 Å². The molecule has 182 valence electrons. The van der Waals surface area contributed by atoms with Gasteiger partial charge in [-0.25, -0.2) is 0 Å². The van der Waals surface area contributed by atoms with Crippen LogP contribution in [0.25, 0.3) is 0 Å². The molecule has 0 saturated heterocycles. The van der Waals surface area contributed by atoms with Crippen molar-refractivity contribution in [1.29, 1.82) is 0 Å². The van der Waals surface area contributed by atoms with Gasteiger partial charge in [-0.2, -0.15) is 13.2 Å². The van der Waals surface area contributed by atoms with Gasteiger partial charge in [0.05, 0.1) is 23.4 Å². The maximum Gasteiger partial charge on any atom is 0.416 e. The van der Waals surface area contributed by atoms with Crippen LogP contribution in [0.15, 0.2) is 72.8 Å². The third-order valence-electron chi connectivity index (χ3n) is 5.87. The van der Waals surface area contributed by atoms with Crippen LogP contribution in [0.3, 0.4) is 0 Å². The number of carbonyl (C=O) groups is 2. The van der Waals surface area contributed by atoms with Gasteiger partial charge in [-0.15, -0.1) is 0 Å². The monoisotopic (exact) mass is 483 g/mol. The van der Waals surface area contributed by atoms with Crippen molar-refractivity contribution in [2.75, 3.05) is 18.5 Å². The van der Waals surface area contributed by atoms with Gasteiger partial charge in [-0.05, 0) is 47.9 Å². The molecule has 0 saturated carbocycles. The Labute approximate surface area is 200 Å². The minimum atomic E-state index is -4.50. The van der Waals surface area contributed by atoms with Crippen molar-refractivity contribution >= 4 is 23.2 Å². The Morgan fingerprint density at radius 2 is 1.69 bits per heavy atom. The molecule has 1 aliphatic heterocycles. The highest BCUT2D eigenvalue weighted by Gasteiger charge is 2.31. The second-order valence-electron chi connectivity index (χ2n) is 8.24. The number of hydrogen-bond acceptors (Lipinski definition) is 4. The molecule has 3 aromatic rings.